The lowest BCUT2D eigenvalue weighted by Crippen LogP contribution is -2.32. The molecule has 21 heavy (non-hydrogen) atoms. The Morgan fingerprint density at radius 2 is 2.10 bits per heavy atom. The van der Waals surface area contributed by atoms with Crippen LogP contribution in [0.1, 0.15) is 11.1 Å². The molecule has 1 aliphatic heterocycles. The summed E-state index contributed by atoms with van der Waals surface area (Å²) in [6, 6.07) is 13.5. The summed E-state index contributed by atoms with van der Waals surface area (Å²) in [5.41, 5.74) is 4.00. The smallest absolute Gasteiger partial charge is 0.247 e. The lowest BCUT2D eigenvalue weighted by atomic mass is 10.1. The molecular formula is C17H18N2O2. The normalized spacial score (nSPS) is 16.0. The zero-order valence-electron chi connectivity index (χ0n) is 12.1. The number of anilines is 2. The van der Waals surface area contributed by atoms with Gasteiger partial charge in [-0.1, -0.05) is 24.3 Å². The second kappa shape index (κ2) is 5.48. The van der Waals surface area contributed by atoms with Gasteiger partial charge in [-0.2, -0.15) is 0 Å². The molecule has 1 atom stereocenters. The molecule has 0 aromatic heterocycles. The summed E-state index contributed by atoms with van der Waals surface area (Å²) in [5.74, 6) is 0.625. The molecule has 4 nitrogen and oxygen atoms in total. The minimum Gasteiger partial charge on any atom is -0.495 e. The first kappa shape index (κ1) is 13.5. The molecule has 1 heterocycles. The Labute approximate surface area is 124 Å². The highest BCUT2D eigenvalue weighted by Crippen LogP contribution is 2.28. The van der Waals surface area contributed by atoms with Gasteiger partial charge in [0.15, 0.2) is 0 Å². The van der Waals surface area contributed by atoms with E-state index in [-0.39, 0.29) is 11.9 Å². The van der Waals surface area contributed by atoms with E-state index in [2.05, 4.69) is 10.6 Å². The van der Waals surface area contributed by atoms with Crippen LogP contribution >= 0.6 is 0 Å². The maximum atomic E-state index is 12.4. The van der Waals surface area contributed by atoms with Crippen molar-refractivity contribution in [3.05, 3.63) is 53.6 Å². The first-order chi connectivity index (χ1) is 10.2. The van der Waals surface area contributed by atoms with Gasteiger partial charge in [0.05, 0.1) is 12.8 Å². The second-order valence-corrected chi connectivity index (χ2v) is 5.25. The van der Waals surface area contributed by atoms with Gasteiger partial charge >= 0.3 is 0 Å². The van der Waals surface area contributed by atoms with Crippen molar-refractivity contribution in [2.24, 2.45) is 0 Å². The number of benzene rings is 2. The van der Waals surface area contributed by atoms with Gasteiger partial charge in [0.25, 0.3) is 0 Å². The maximum Gasteiger partial charge on any atom is 0.247 e. The number of carbonyl (C=O) groups excluding carboxylic acids is 1. The van der Waals surface area contributed by atoms with Crippen molar-refractivity contribution in [1.29, 1.82) is 0 Å². The van der Waals surface area contributed by atoms with E-state index in [0.717, 1.165) is 11.3 Å². The van der Waals surface area contributed by atoms with Gasteiger partial charge in [0.2, 0.25) is 5.91 Å². The number of aryl methyl sites for hydroxylation is 1. The van der Waals surface area contributed by atoms with Crippen molar-refractivity contribution in [2.75, 3.05) is 17.7 Å². The molecule has 4 heteroatoms. The van der Waals surface area contributed by atoms with Crippen LogP contribution in [0.5, 0.6) is 5.75 Å². The van der Waals surface area contributed by atoms with Crippen LogP contribution in [-0.4, -0.2) is 19.1 Å². The summed E-state index contributed by atoms with van der Waals surface area (Å²) < 4.78 is 5.29. The number of para-hydroxylation sites is 1. The zero-order valence-corrected chi connectivity index (χ0v) is 12.1. The molecule has 2 aromatic rings. The Hall–Kier alpha value is -2.49. The van der Waals surface area contributed by atoms with Crippen LogP contribution in [0.15, 0.2) is 42.5 Å². The van der Waals surface area contributed by atoms with Crippen molar-refractivity contribution in [3.8, 4) is 5.75 Å². The summed E-state index contributed by atoms with van der Waals surface area (Å²) in [5, 5.41) is 6.21. The molecule has 108 valence electrons. The van der Waals surface area contributed by atoms with Crippen molar-refractivity contribution in [2.45, 2.75) is 19.4 Å². The standard InChI is InChI=1S/C17H18N2O2/c1-11-7-8-16(21-2)14(9-11)19-17(20)15-10-12-5-3-4-6-13(12)18-15/h3-9,15,18H,10H2,1-2H3,(H,19,20)/t15-/m0/s1. The van der Waals surface area contributed by atoms with Gasteiger partial charge in [-0.3, -0.25) is 4.79 Å². The SMILES string of the molecule is COc1ccc(C)cc1NC(=O)[C@@H]1Cc2ccccc2N1. The number of methoxy groups -OCH3 is 1. The molecule has 0 saturated carbocycles. The minimum atomic E-state index is -0.243. The average Bonchev–Trinajstić information content (AvgIpc) is 2.91. The molecule has 0 fully saturated rings. The van der Waals surface area contributed by atoms with Gasteiger partial charge in [-0.15, -0.1) is 0 Å². The molecule has 0 radical (unpaired) electrons. The Kier molecular flexibility index (Phi) is 3.52. The topological polar surface area (TPSA) is 50.4 Å². The number of fused-ring (bicyclic) bond motifs is 1. The molecule has 0 saturated heterocycles. The van der Waals surface area contributed by atoms with Crippen molar-refractivity contribution in [3.63, 3.8) is 0 Å². The van der Waals surface area contributed by atoms with Gasteiger partial charge in [-0.25, -0.2) is 0 Å². The van der Waals surface area contributed by atoms with Crippen molar-refractivity contribution >= 4 is 17.3 Å². The van der Waals surface area contributed by atoms with Crippen LogP contribution < -0.4 is 15.4 Å². The van der Waals surface area contributed by atoms with E-state index in [9.17, 15) is 4.79 Å². The van der Waals surface area contributed by atoms with Crippen molar-refractivity contribution in [1.82, 2.24) is 0 Å². The summed E-state index contributed by atoms with van der Waals surface area (Å²) in [6.45, 7) is 1.98. The minimum absolute atomic E-state index is 0.0462. The molecule has 0 aliphatic carbocycles. The van der Waals surface area contributed by atoms with E-state index in [1.165, 1.54) is 5.56 Å². The molecule has 0 unspecified atom stereocenters. The van der Waals surface area contributed by atoms with E-state index in [4.69, 9.17) is 4.74 Å². The fraction of sp³-hybridized carbons (Fsp3) is 0.235. The highest BCUT2D eigenvalue weighted by atomic mass is 16.5. The Morgan fingerprint density at radius 1 is 1.29 bits per heavy atom. The largest absolute Gasteiger partial charge is 0.495 e. The van der Waals surface area contributed by atoms with Crippen LogP contribution in [0.4, 0.5) is 11.4 Å². The molecule has 3 rings (SSSR count). The first-order valence-electron chi connectivity index (χ1n) is 6.97. The Balaban J connectivity index is 1.75. The Morgan fingerprint density at radius 3 is 2.86 bits per heavy atom. The number of carbonyl (C=O) groups is 1. The van der Waals surface area contributed by atoms with Gasteiger partial charge in [-0.05, 0) is 36.2 Å². The zero-order chi connectivity index (χ0) is 14.8. The maximum absolute atomic E-state index is 12.4. The molecule has 1 aliphatic rings. The number of ether oxygens (including phenoxy) is 1. The number of hydrogen-bond acceptors (Lipinski definition) is 3. The molecule has 2 aromatic carbocycles. The van der Waals surface area contributed by atoms with E-state index in [1.807, 2.05) is 49.4 Å². The third-order valence-electron chi connectivity index (χ3n) is 3.70. The summed E-state index contributed by atoms with van der Waals surface area (Å²) in [7, 11) is 1.60. The molecule has 0 bridgehead atoms. The highest BCUT2D eigenvalue weighted by Gasteiger charge is 2.26. The fourth-order valence-electron chi connectivity index (χ4n) is 2.60. The predicted molar refractivity (Wildman–Crippen MR) is 83.9 cm³/mol. The van der Waals surface area contributed by atoms with Crippen molar-refractivity contribution < 1.29 is 9.53 Å². The summed E-state index contributed by atoms with van der Waals surface area (Å²) in [6.07, 6.45) is 0.705. The number of amides is 1. The van der Waals surface area contributed by atoms with Crippen LogP contribution in [0, 0.1) is 6.92 Å². The molecule has 2 N–H and O–H groups in total. The highest BCUT2D eigenvalue weighted by molar-refractivity contribution is 5.99. The van der Waals surface area contributed by atoms with Crippen LogP contribution in [-0.2, 0) is 11.2 Å². The van der Waals surface area contributed by atoms with Gasteiger partial charge in [0, 0.05) is 12.1 Å². The average molecular weight is 282 g/mol. The lowest BCUT2D eigenvalue weighted by molar-refractivity contribution is -0.116. The van der Waals surface area contributed by atoms with Crippen LogP contribution in [0.2, 0.25) is 0 Å². The molecular weight excluding hydrogens is 264 g/mol. The lowest BCUT2D eigenvalue weighted by Gasteiger charge is -2.15. The fourth-order valence-corrected chi connectivity index (χ4v) is 2.60. The molecule has 0 spiro atoms. The van der Waals surface area contributed by atoms with Gasteiger partial charge < -0.3 is 15.4 Å². The third-order valence-corrected chi connectivity index (χ3v) is 3.70. The monoisotopic (exact) mass is 282 g/mol. The quantitative estimate of drug-likeness (QED) is 0.910. The van der Waals surface area contributed by atoms with Crippen LogP contribution in [0.3, 0.4) is 0 Å². The van der Waals surface area contributed by atoms with E-state index < -0.39 is 0 Å². The number of hydrogen-bond donors (Lipinski definition) is 2. The molecule has 1 amide bonds. The summed E-state index contributed by atoms with van der Waals surface area (Å²) in [4.78, 5) is 12.4. The number of rotatable bonds is 3. The number of nitrogens with one attached hydrogen (secondary N) is 2. The third kappa shape index (κ3) is 2.70. The predicted octanol–water partition coefficient (Wildman–Crippen LogP) is 2.98. The summed E-state index contributed by atoms with van der Waals surface area (Å²) >= 11 is 0. The van der Waals surface area contributed by atoms with E-state index in [1.54, 1.807) is 7.11 Å². The second-order valence-electron chi connectivity index (χ2n) is 5.25. The van der Waals surface area contributed by atoms with E-state index in [0.29, 0.717) is 17.9 Å². The van der Waals surface area contributed by atoms with Gasteiger partial charge in [0.1, 0.15) is 11.8 Å². The Bertz CT molecular complexity index is 657. The van der Waals surface area contributed by atoms with Crippen LogP contribution in [0.25, 0.3) is 0 Å². The van der Waals surface area contributed by atoms with E-state index >= 15 is 0 Å². The first-order valence-corrected chi connectivity index (χ1v) is 6.97.